The number of nitrogens with one attached hydrogen (secondary N) is 1. The second kappa shape index (κ2) is 5.11. The Kier molecular flexibility index (Phi) is 3.50. The molecule has 0 amide bonds. The zero-order chi connectivity index (χ0) is 14.8. The van der Waals surface area contributed by atoms with Gasteiger partial charge in [-0.05, 0) is 30.3 Å². The van der Waals surface area contributed by atoms with Gasteiger partial charge in [0.05, 0.1) is 21.8 Å². The number of nitrogens with zero attached hydrogens (tertiary/aromatic N) is 1. The van der Waals surface area contributed by atoms with E-state index in [2.05, 4.69) is 4.72 Å². The normalized spacial score (nSPS) is 10.8. The Balaban J connectivity index is 2.41. The summed E-state index contributed by atoms with van der Waals surface area (Å²) in [7, 11) is -3.88. The molecule has 2 rings (SSSR count). The Hall–Kier alpha value is -2.72. The fraction of sp³-hybridized carbons (Fsp3) is 0. The molecule has 0 aliphatic carbocycles. The van der Waals surface area contributed by atoms with E-state index < -0.39 is 10.0 Å². The van der Waals surface area contributed by atoms with Gasteiger partial charge in [0.2, 0.25) is 0 Å². The SMILES string of the molecule is N#Cc1ccccc1NS(=O)(=O)c1ccc(O)c(N)c1. The molecule has 0 aliphatic rings. The molecule has 4 N–H and O–H groups in total. The zero-order valence-electron chi connectivity index (χ0n) is 10.2. The molecule has 0 heterocycles. The Labute approximate surface area is 116 Å². The molecule has 20 heavy (non-hydrogen) atoms. The van der Waals surface area contributed by atoms with Crippen LogP contribution in [-0.2, 0) is 10.0 Å². The molecule has 2 aromatic rings. The van der Waals surface area contributed by atoms with Gasteiger partial charge < -0.3 is 10.8 Å². The highest BCUT2D eigenvalue weighted by Crippen LogP contribution is 2.25. The number of nitrogens with two attached hydrogens (primary N) is 1. The van der Waals surface area contributed by atoms with Crippen molar-refractivity contribution in [2.45, 2.75) is 4.90 Å². The highest BCUT2D eigenvalue weighted by molar-refractivity contribution is 7.92. The molecule has 0 radical (unpaired) electrons. The Morgan fingerprint density at radius 2 is 1.90 bits per heavy atom. The molecule has 0 saturated carbocycles. The number of nitriles is 1. The lowest BCUT2D eigenvalue weighted by atomic mass is 10.2. The summed E-state index contributed by atoms with van der Waals surface area (Å²) in [6, 6.07) is 11.7. The van der Waals surface area contributed by atoms with Crippen LogP contribution in [0.15, 0.2) is 47.4 Å². The lowest BCUT2D eigenvalue weighted by Crippen LogP contribution is -2.14. The number of aromatic hydroxyl groups is 1. The van der Waals surface area contributed by atoms with Gasteiger partial charge in [0, 0.05) is 0 Å². The van der Waals surface area contributed by atoms with Crippen molar-refractivity contribution in [2.24, 2.45) is 0 Å². The van der Waals surface area contributed by atoms with Crippen molar-refractivity contribution < 1.29 is 13.5 Å². The van der Waals surface area contributed by atoms with Crippen molar-refractivity contribution in [3.8, 4) is 11.8 Å². The van der Waals surface area contributed by atoms with Gasteiger partial charge in [-0.3, -0.25) is 4.72 Å². The summed E-state index contributed by atoms with van der Waals surface area (Å²) < 4.78 is 26.7. The van der Waals surface area contributed by atoms with Crippen molar-refractivity contribution in [1.29, 1.82) is 5.26 Å². The number of hydrogen-bond donors (Lipinski definition) is 3. The maximum absolute atomic E-state index is 12.2. The van der Waals surface area contributed by atoms with E-state index in [0.29, 0.717) is 0 Å². The minimum atomic E-state index is -3.88. The fourth-order valence-corrected chi connectivity index (χ4v) is 2.69. The van der Waals surface area contributed by atoms with E-state index in [1.165, 1.54) is 24.3 Å². The third-order valence-corrected chi connectivity index (χ3v) is 3.96. The Morgan fingerprint density at radius 3 is 2.55 bits per heavy atom. The van der Waals surface area contributed by atoms with Gasteiger partial charge in [0.15, 0.2) is 0 Å². The predicted octanol–water partition coefficient (Wildman–Crippen LogP) is 1.65. The topological polar surface area (TPSA) is 116 Å². The minimum Gasteiger partial charge on any atom is -0.506 e. The van der Waals surface area contributed by atoms with Gasteiger partial charge in [0.1, 0.15) is 11.8 Å². The van der Waals surface area contributed by atoms with Crippen LogP contribution in [-0.4, -0.2) is 13.5 Å². The van der Waals surface area contributed by atoms with E-state index in [9.17, 15) is 13.5 Å². The average molecular weight is 289 g/mol. The largest absolute Gasteiger partial charge is 0.506 e. The molecule has 0 aromatic heterocycles. The Morgan fingerprint density at radius 1 is 1.20 bits per heavy atom. The monoisotopic (exact) mass is 289 g/mol. The summed E-state index contributed by atoms with van der Waals surface area (Å²) in [5.74, 6) is -0.193. The number of para-hydroxylation sites is 1. The quantitative estimate of drug-likeness (QED) is 0.586. The van der Waals surface area contributed by atoms with Crippen LogP contribution in [0.25, 0.3) is 0 Å². The van der Waals surface area contributed by atoms with E-state index in [1.807, 2.05) is 6.07 Å². The minimum absolute atomic E-state index is 0.0403. The van der Waals surface area contributed by atoms with Crippen molar-refractivity contribution in [3.63, 3.8) is 0 Å². The number of hydrogen-bond acceptors (Lipinski definition) is 5. The van der Waals surface area contributed by atoms with Gasteiger partial charge >= 0.3 is 0 Å². The number of phenols is 1. The molecule has 2 aromatic carbocycles. The summed E-state index contributed by atoms with van der Waals surface area (Å²) in [4.78, 5) is -0.0967. The first-order valence-electron chi connectivity index (χ1n) is 5.54. The summed E-state index contributed by atoms with van der Waals surface area (Å²) in [6.07, 6.45) is 0. The molecule has 0 spiro atoms. The van der Waals surface area contributed by atoms with Crippen molar-refractivity contribution in [2.75, 3.05) is 10.5 Å². The van der Waals surface area contributed by atoms with Crippen LogP contribution in [0.2, 0.25) is 0 Å². The highest BCUT2D eigenvalue weighted by atomic mass is 32.2. The van der Waals surface area contributed by atoms with E-state index in [0.717, 1.165) is 6.07 Å². The second-order valence-corrected chi connectivity index (χ2v) is 5.67. The first kappa shape index (κ1) is 13.7. The first-order valence-corrected chi connectivity index (χ1v) is 7.03. The van der Waals surface area contributed by atoms with Crippen LogP contribution in [0.1, 0.15) is 5.56 Å². The number of benzene rings is 2. The van der Waals surface area contributed by atoms with Gasteiger partial charge in [-0.15, -0.1) is 0 Å². The van der Waals surface area contributed by atoms with Crippen LogP contribution in [0, 0.1) is 11.3 Å². The number of anilines is 2. The van der Waals surface area contributed by atoms with Crippen LogP contribution < -0.4 is 10.5 Å². The lowest BCUT2D eigenvalue weighted by molar-refractivity contribution is 0.477. The van der Waals surface area contributed by atoms with E-state index >= 15 is 0 Å². The molecule has 102 valence electrons. The molecule has 0 unspecified atom stereocenters. The standard InChI is InChI=1S/C13H11N3O3S/c14-8-9-3-1-2-4-12(9)16-20(18,19)10-5-6-13(17)11(15)7-10/h1-7,16-17H,15H2. The Bertz CT molecular complexity index is 795. The van der Waals surface area contributed by atoms with E-state index in [-0.39, 0.29) is 27.6 Å². The second-order valence-electron chi connectivity index (χ2n) is 3.98. The highest BCUT2D eigenvalue weighted by Gasteiger charge is 2.17. The van der Waals surface area contributed by atoms with E-state index in [1.54, 1.807) is 12.1 Å². The number of sulfonamides is 1. The summed E-state index contributed by atoms with van der Waals surface area (Å²) in [6.45, 7) is 0. The first-order chi connectivity index (χ1) is 9.44. The van der Waals surface area contributed by atoms with Crippen molar-refractivity contribution in [3.05, 3.63) is 48.0 Å². The van der Waals surface area contributed by atoms with Gasteiger partial charge in [-0.25, -0.2) is 8.42 Å². The molecular formula is C13H11N3O3S. The molecular weight excluding hydrogens is 278 g/mol. The molecule has 0 fully saturated rings. The van der Waals surface area contributed by atoms with Crippen molar-refractivity contribution in [1.82, 2.24) is 0 Å². The summed E-state index contributed by atoms with van der Waals surface area (Å²) in [5.41, 5.74) is 5.82. The van der Waals surface area contributed by atoms with Gasteiger partial charge in [-0.1, -0.05) is 12.1 Å². The van der Waals surface area contributed by atoms with Crippen LogP contribution in [0.3, 0.4) is 0 Å². The number of rotatable bonds is 3. The molecule has 6 nitrogen and oxygen atoms in total. The van der Waals surface area contributed by atoms with E-state index in [4.69, 9.17) is 11.0 Å². The third kappa shape index (κ3) is 2.65. The van der Waals surface area contributed by atoms with Crippen LogP contribution in [0.4, 0.5) is 11.4 Å². The molecule has 0 atom stereocenters. The van der Waals surface area contributed by atoms with Crippen LogP contribution in [0.5, 0.6) is 5.75 Å². The lowest BCUT2D eigenvalue weighted by Gasteiger charge is -2.10. The van der Waals surface area contributed by atoms with Crippen molar-refractivity contribution >= 4 is 21.4 Å². The summed E-state index contributed by atoms with van der Waals surface area (Å²) >= 11 is 0. The smallest absolute Gasteiger partial charge is 0.262 e. The molecule has 0 aliphatic heterocycles. The zero-order valence-corrected chi connectivity index (χ0v) is 11.1. The molecule has 0 bridgehead atoms. The van der Waals surface area contributed by atoms with Gasteiger partial charge in [0.25, 0.3) is 10.0 Å². The maximum atomic E-state index is 12.2. The number of phenolic OH excluding ortho intramolecular Hbond substituents is 1. The fourth-order valence-electron chi connectivity index (χ4n) is 1.57. The van der Waals surface area contributed by atoms with Gasteiger partial charge in [-0.2, -0.15) is 5.26 Å². The molecule has 0 saturated heterocycles. The molecule has 7 heteroatoms. The maximum Gasteiger partial charge on any atom is 0.262 e. The number of nitrogen functional groups attached to an aromatic ring is 1. The summed E-state index contributed by atoms with van der Waals surface area (Å²) in [5, 5.41) is 18.2. The third-order valence-electron chi connectivity index (χ3n) is 2.60. The average Bonchev–Trinajstić information content (AvgIpc) is 2.42. The predicted molar refractivity (Wildman–Crippen MR) is 74.5 cm³/mol. The van der Waals surface area contributed by atoms with Crippen LogP contribution >= 0.6 is 0 Å².